The van der Waals surface area contributed by atoms with E-state index in [0.29, 0.717) is 29.1 Å². The summed E-state index contributed by atoms with van der Waals surface area (Å²) in [6, 6.07) is 5.62. The van der Waals surface area contributed by atoms with E-state index in [4.69, 9.17) is 4.42 Å². The molecule has 4 N–H and O–H groups in total. The summed E-state index contributed by atoms with van der Waals surface area (Å²) in [6.45, 7) is 5.61. The van der Waals surface area contributed by atoms with Crippen LogP contribution in [0.2, 0.25) is 0 Å². The molecule has 0 bridgehead atoms. The molecule has 0 spiro atoms. The van der Waals surface area contributed by atoms with Gasteiger partial charge in [0.15, 0.2) is 5.13 Å². The molecule has 1 aliphatic heterocycles. The lowest BCUT2D eigenvalue weighted by molar-refractivity contribution is 0.0701. The van der Waals surface area contributed by atoms with Gasteiger partial charge < -0.3 is 25.1 Å². The molecule has 3 aromatic rings. The van der Waals surface area contributed by atoms with Gasteiger partial charge in [-0.15, -0.1) is 0 Å². The van der Waals surface area contributed by atoms with Crippen LogP contribution in [0.3, 0.4) is 0 Å². The van der Waals surface area contributed by atoms with Crippen molar-refractivity contribution >= 4 is 40.0 Å². The fraction of sp³-hybridized carbons (Fsp3) is 0.333. The molecule has 0 saturated carbocycles. The molecule has 4 heterocycles. The Bertz CT molecular complexity index is 984. The van der Waals surface area contributed by atoms with E-state index in [-0.39, 0.29) is 4.88 Å². The van der Waals surface area contributed by atoms with Gasteiger partial charge in [-0.25, -0.2) is 9.78 Å². The molecule has 152 valence electrons. The van der Waals surface area contributed by atoms with E-state index < -0.39 is 5.97 Å². The zero-order valence-corrected chi connectivity index (χ0v) is 16.6. The molecule has 0 radical (unpaired) electrons. The minimum atomic E-state index is -0.996. The Morgan fingerprint density at radius 2 is 2.17 bits per heavy atom. The SMILES string of the molecule is Cc1nc(Nc2nc(NCc3ccco3)cc(N3CCNCC3)n2)sc1C(=O)O. The maximum Gasteiger partial charge on any atom is 0.347 e. The Hall–Kier alpha value is -3.18. The minimum Gasteiger partial charge on any atom is -0.477 e. The van der Waals surface area contributed by atoms with Gasteiger partial charge in [0.25, 0.3) is 0 Å². The molecule has 3 aromatic heterocycles. The standard InChI is InChI=1S/C18H21N7O3S/c1-11-15(16(26)27)29-18(21-11)24-17-22-13(20-10-12-3-2-8-28-12)9-14(23-17)25-6-4-19-5-7-25/h2-3,8-9,19H,4-7,10H2,1H3,(H,26,27)(H2,20,21,22,23,24). The van der Waals surface area contributed by atoms with Crippen molar-refractivity contribution in [3.63, 3.8) is 0 Å². The van der Waals surface area contributed by atoms with Crippen LogP contribution in [-0.2, 0) is 6.54 Å². The number of aromatic nitrogens is 3. The van der Waals surface area contributed by atoms with E-state index in [1.54, 1.807) is 13.2 Å². The first-order chi connectivity index (χ1) is 14.1. The number of aryl methyl sites for hydroxylation is 1. The Morgan fingerprint density at radius 1 is 1.34 bits per heavy atom. The number of nitrogens with one attached hydrogen (secondary N) is 3. The summed E-state index contributed by atoms with van der Waals surface area (Å²) in [5.41, 5.74) is 0.458. The van der Waals surface area contributed by atoms with Crippen LogP contribution in [0.4, 0.5) is 22.7 Å². The van der Waals surface area contributed by atoms with E-state index in [1.807, 2.05) is 18.2 Å². The molecule has 1 saturated heterocycles. The van der Waals surface area contributed by atoms with E-state index in [1.165, 1.54) is 0 Å². The monoisotopic (exact) mass is 415 g/mol. The minimum absolute atomic E-state index is 0.196. The molecule has 1 fully saturated rings. The molecule has 0 aliphatic carbocycles. The lowest BCUT2D eigenvalue weighted by Gasteiger charge is -2.28. The molecule has 10 nitrogen and oxygen atoms in total. The van der Waals surface area contributed by atoms with Gasteiger partial charge in [-0.3, -0.25) is 5.32 Å². The quantitative estimate of drug-likeness (QED) is 0.456. The van der Waals surface area contributed by atoms with Crippen molar-refractivity contribution < 1.29 is 14.3 Å². The largest absolute Gasteiger partial charge is 0.477 e. The second-order valence-electron chi connectivity index (χ2n) is 6.47. The third-order valence-corrected chi connectivity index (χ3v) is 5.45. The Morgan fingerprint density at radius 3 is 2.86 bits per heavy atom. The first kappa shape index (κ1) is 19.2. The Balaban J connectivity index is 1.59. The van der Waals surface area contributed by atoms with Gasteiger partial charge in [0.1, 0.15) is 22.3 Å². The molecule has 1 aliphatic rings. The molecule has 29 heavy (non-hydrogen) atoms. The summed E-state index contributed by atoms with van der Waals surface area (Å²) in [5, 5.41) is 19.3. The lowest BCUT2D eigenvalue weighted by Crippen LogP contribution is -2.44. The highest BCUT2D eigenvalue weighted by Crippen LogP contribution is 2.26. The number of piperazine rings is 1. The van der Waals surface area contributed by atoms with Crippen LogP contribution in [0.5, 0.6) is 0 Å². The van der Waals surface area contributed by atoms with Crippen LogP contribution < -0.4 is 20.9 Å². The average Bonchev–Trinajstić information content (AvgIpc) is 3.36. The van der Waals surface area contributed by atoms with Crippen LogP contribution in [-0.4, -0.2) is 52.2 Å². The second-order valence-corrected chi connectivity index (χ2v) is 7.47. The summed E-state index contributed by atoms with van der Waals surface area (Å²) in [7, 11) is 0. The van der Waals surface area contributed by atoms with Crippen LogP contribution in [0.15, 0.2) is 28.9 Å². The molecule has 0 atom stereocenters. The van der Waals surface area contributed by atoms with Gasteiger partial charge in [0.2, 0.25) is 5.95 Å². The molecule has 4 rings (SSSR count). The molecule has 0 unspecified atom stereocenters. The van der Waals surface area contributed by atoms with Gasteiger partial charge in [-0.1, -0.05) is 11.3 Å². The van der Waals surface area contributed by atoms with Gasteiger partial charge in [-0.2, -0.15) is 9.97 Å². The number of hydrogen-bond donors (Lipinski definition) is 4. The number of aromatic carboxylic acids is 1. The van der Waals surface area contributed by atoms with Crippen LogP contribution in [0.25, 0.3) is 0 Å². The number of carbonyl (C=O) groups is 1. The number of nitrogens with zero attached hydrogens (tertiary/aromatic N) is 4. The summed E-state index contributed by atoms with van der Waals surface area (Å²) >= 11 is 1.06. The fourth-order valence-corrected chi connectivity index (χ4v) is 3.77. The number of carboxylic acid groups (broad SMARTS) is 1. The number of rotatable bonds is 7. The zero-order chi connectivity index (χ0) is 20.2. The van der Waals surface area contributed by atoms with Crippen LogP contribution in [0, 0.1) is 6.92 Å². The smallest absolute Gasteiger partial charge is 0.347 e. The van der Waals surface area contributed by atoms with Crippen molar-refractivity contribution in [2.24, 2.45) is 0 Å². The maximum atomic E-state index is 11.3. The first-order valence-electron chi connectivity index (χ1n) is 9.17. The summed E-state index contributed by atoms with van der Waals surface area (Å²) in [4.78, 5) is 27.0. The molecule has 0 amide bonds. The van der Waals surface area contributed by atoms with Crippen molar-refractivity contribution in [1.29, 1.82) is 0 Å². The highest BCUT2D eigenvalue weighted by atomic mass is 32.1. The van der Waals surface area contributed by atoms with Crippen LogP contribution >= 0.6 is 11.3 Å². The van der Waals surface area contributed by atoms with Crippen LogP contribution in [0.1, 0.15) is 21.1 Å². The Kier molecular flexibility index (Phi) is 5.58. The summed E-state index contributed by atoms with van der Waals surface area (Å²) in [5.74, 6) is 1.58. The number of anilines is 4. The number of carboxylic acids is 1. The Labute approximate surface area is 171 Å². The lowest BCUT2D eigenvalue weighted by atomic mass is 10.3. The van der Waals surface area contributed by atoms with Crippen molar-refractivity contribution in [3.05, 3.63) is 40.8 Å². The molecule has 0 aromatic carbocycles. The highest BCUT2D eigenvalue weighted by Gasteiger charge is 2.17. The van der Waals surface area contributed by atoms with Gasteiger partial charge in [0, 0.05) is 32.2 Å². The molecular weight excluding hydrogens is 394 g/mol. The number of hydrogen-bond acceptors (Lipinski definition) is 10. The van der Waals surface area contributed by atoms with E-state index in [9.17, 15) is 9.90 Å². The second kappa shape index (κ2) is 8.45. The third kappa shape index (κ3) is 4.63. The van der Waals surface area contributed by atoms with Crippen molar-refractivity contribution in [2.45, 2.75) is 13.5 Å². The summed E-state index contributed by atoms with van der Waals surface area (Å²) < 4.78 is 5.36. The van der Waals surface area contributed by atoms with Crippen molar-refractivity contribution in [1.82, 2.24) is 20.3 Å². The van der Waals surface area contributed by atoms with E-state index >= 15 is 0 Å². The van der Waals surface area contributed by atoms with Crippen molar-refractivity contribution in [3.8, 4) is 0 Å². The number of thiazole rings is 1. The van der Waals surface area contributed by atoms with Gasteiger partial charge in [0.05, 0.1) is 18.5 Å². The van der Waals surface area contributed by atoms with Crippen molar-refractivity contribution in [2.75, 3.05) is 41.7 Å². The topological polar surface area (TPSA) is 128 Å². The molecular formula is C18H21N7O3S. The summed E-state index contributed by atoms with van der Waals surface area (Å²) in [6.07, 6.45) is 1.63. The van der Waals surface area contributed by atoms with Gasteiger partial charge in [-0.05, 0) is 19.1 Å². The molecule has 11 heteroatoms. The van der Waals surface area contributed by atoms with E-state index in [2.05, 4.69) is 35.8 Å². The number of furan rings is 1. The third-order valence-electron chi connectivity index (χ3n) is 4.39. The fourth-order valence-electron chi connectivity index (χ4n) is 2.97. The van der Waals surface area contributed by atoms with E-state index in [0.717, 1.165) is 49.1 Å². The highest BCUT2D eigenvalue weighted by molar-refractivity contribution is 7.17. The zero-order valence-electron chi connectivity index (χ0n) is 15.8. The normalized spacial score (nSPS) is 14.0. The van der Waals surface area contributed by atoms with Gasteiger partial charge >= 0.3 is 5.97 Å². The maximum absolute atomic E-state index is 11.3. The predicted octanol–water partition coefficient (Wildman–Crippen LogP) is 2.30. The predicted molar refractivity (Wildman–Crippen MR) is 110 cm³/mol. The first-order valence-corrected chi connectivity index (χ1v) is 9.99. The average molecular weight is 415 g/mol.